The molecule has 4 N–H and O–H groups in total. The summed E-state index contributed by atoms with van der Waals surface area (Å²) < 4.78 is 10.3. The SMILES string of the molecule is CC(C)(C1CCC(O)CC1)C1CCC(O)CC1.OCCOc1ccc(OCCO)cc1. The summed E-state index contributed by atoms with van der Waals surface area (Å²) >= 11 is 0. The Kier molecular flexibility index (Phi) is 11.1. The minimum Gasteiger partial charge on any atom is -0.491 e. The molecule has 178 valence electrons. The van der Waals surface area contributed by atoms with Gasteiger partial charge in [-0.05, 0) is 92.9 Å². The van der Waals surface area contributed by atoms with Gasteiger partial charge in [0.15, 0.2) is 0 Å². The lowest BCUT2D eigenvalue weighted by Gasteiger charge is -2.46. The van der Waals surface area contributed by atoms with Gasteiger partial charge in [0, 0.05) is 0 Å². The molecule has 2 aliphatic rings. The van der Waals surface area contributed by atoms with Gasteiger partial charge in [-0.2, -0.15) is 0 Å². The number of hydrogen-bond acceptors (Lipinski definition) is 6. The van der Waals surface area contributed by atoms with E-state index in [0.29, 0.717) is 16.9 Å². The van der Waals surface area contributed by atoms with Crippen molar-refractivity contribution >= 4 is 0 Å². The van der Waals surface area contributed by atoms with Crippen LogP contribution in [0.5, 0.6) is 11.5 Å². The average Bonchev–Trinajstić information content (AvgIpc) is 2.78. The van der Waals surface area contributed by atoms with Gasteiger partial charge < -0.3 is 29.9 Å². The Balaban J connectivity index is 0.000000225. The Bertz CT molecular complexity index is 536. The van der Waals surface area contributed by atoms with Crippen molar-refractivity contribution in [2.75, 3.05) is 26.4 Å². The number of aliphatic hydroxyl groups excluding tert-OH is 4. The second-order valence-corrected chi connectivity index (χ2v) is 9.45. The Morgan fingerprint density at radius 2 is 1.00 bits per heavy atom. The van der Waals surface area contributed by atoms with Crippen LogP contribution in [0.3, 0.4) is 0 Å². The predicted molar refractivity (Wildman–Crippen MR) is 121 cm³/mol. The summed E-state index contributed by atoms with van der Waals surface area (Å²) in [4.78, 5) is 0. The standard InChI is InChI=1S/C15H28O2.C10H14O4/c1-15(2,11-3-7-13(16)8-4-11)12-5-9-14(17)10-6-12;11-5-7-13-9-1-2-10(4-3-9)14-8-6-12/h11-14,16-17H,3-10H2,1-2H3;1-4,11-12H,5-8H2. The monoisotopic (exact) mass is 438 g/mol. The van der Waals surface area contributed by atoms with Gasteiger partial charge in [0.05, 0.1) is 25.4 Å². The van der Waals surface area contributed by atoms with Crippen LogP contribution in [0.2, 0.25) is 0 Å². The van der Waals surface area contributed by atoms with E-state index < -0.39 is 0 Å². The second-order valence-electron chi connectivity index (χ2n) is 9.45. The first-order chi connectivity index (χ1) is 14.9. The largest absolute Gasteiger partial charge is 0.491 e. The van der Waals surface area contributed by atoms with Gasteiger partial charge in [0.25, 0.3) is 0 Å². The minimum atomic E-state index is -0.0461. The number of hydrogen-bond donors (Lipinski definition) is 4. The summed E-state index contributed by atoms with van der Waals surface area (Å²) in [5, 5.41) is 36.3. The van der Waals surface area contributed by atoms with E-state index in [2.05, 4.69) is 13.8 Å². The molecule has 6 nitrogen and oxygen atoms in total. The number of rotatable bonds is 8. The highest BCUT2D eigenvalue weighted by Gasteiger charge is 2.39. The summed E-state index contributed by atoms with van der Waals surface area (Å²) in [7, 11) is 0. The fraction of sp³-hybridized carbons (Fsp3) is 0.760. The van der Waals surface area contributed by atoms with Crippen LogP contribution in [0.15, 0.2) is 24.3 Å². The van der Waals surface area contributed by atoms with E-state index >= 15 is 0 Å². The van der Waals surface area contributed by atoms with Crippen LogP contribution in [0.1, 0.15) is 65.2 Å². The molecule has 0 saturated heterocycles. The maximum atomic E-state index is 9.60. The van der Waals surface area contributed by atoms with Crippen molar-refractivity contribution in [2.45, 2.75) is 77.4 Å². The van der Waals surface area contributed by atoms with Crippen LogP contribution in [0, 0.1) is 17.3 Å². The molecule has 2 aliphatic carbocycles. The van der Waals surface area contributed by atoms with Gasteiger partial charge in [-0.3, -0.25) is 0 Å². The topological polar surface area (TPSA) is 99.4 Å². The third-order valence-electron chi connectivity index (χ3n) is 7.04. The first kappa shape index (κ1) is 25.9. The van der Waals surface area contributed by atoms with E-state index in [9.17, 15) is 10.2 Å². The van der Waals surface area contributed by atoms with Gasteiger partial charge in [0.2, 0.25) is 0 Å². The van der Waals surface area contributed by atoms with Gasteiger partial charge in [-0.25, -0.2) is 0 Å². The predicted octanol–water partition coefficient (Wildman–Crippen LogP) is 3.54. The van der Waals surface area contributed by atoms with Gasteiger partial charge in [-0.15, -0.1) is 0 Å². The Labute approximate surface area is 187 Å². The Hall–Kier alpha value is -1.34. The van der Waals surface area contributed by atoms with E-state index in [1.54, 1.807) is 24.3 Å². The normalized spacial score (nSPS) is 26.5. The van der Waals surface area contributed by atoms with Crippen molar-refractivity contribution in [3.63, 3.8) is 0 Å². The third-order valence-corrected chi connectivity index (χ3v) is 7.04. The second kappa shape index (κ2) is 13.3. The highest BCUT2D eigenvalue weighted by atomic mass is 16.5. The molecular weight excluding hydrogens is 396 g/mol. The van der Waals surface area contributed by atoms with Crippen molar-refractivity contribution in [1.82, 2.24) is 0 Å². The molecule has 0 bridgehead atoms. The van der Waals surface area contributed by atoms with E-state index in [-0.39, 0.29) is 38.6 Å². The zero-order valence-electron chi connectivity index (χ0n) is 19.2. The minimum absolute atomic E-state index is 0.00274. The molecule has 0 aromatic heterocycles. The molecule has 6 heteroatoms. The molecule has 0 heterocycles. The molecule has 2 saturated carbocycles. The van der Waals surface area contributed by atoms with Gasteiger partial charge in [-0.1, -0.05) is 13.8 Å². The first-order valence-electron chi connectivity index (χ1n) is 11.8. The van der Waals surface area contributed by atoms with Crippen LogP contribution >= 0.6 is 0 Å². The third kappa shape index (κ3) is 8.60. The lowest BCUT2D eigenvalue weighted by atomic mass is 9.60. The highest BCUT2D eigenvalue weighted by molar-refractivity contribution is 5.31. The van der Waals surface area contributed by atoms with E-state index in [1.807, 2.05) is 0 Å². The van der Waals surface area contributed by atoms with E-state index in [0.717, 1.165) is 37.5 Å². The summed E-state index contributed by atoms with van der Waals surface area (Å²) in [5.74, 6) is 2.92. The maximum absolute atomic E-state index is 9.60. The molecule has 1 aromatic carbocycles. The van der Waals surface area contributed by atoms with Crippen molar-refractivity contribution < 1.29 is 29.9 Å². The summed E-state index contributed by atoms with van der Waals surface area (Å²) in [6, 6.07) is 7.01. The Morgan fingerprint density at radius 3 is 1.29 bits per heavy atom. The quantitative estimate of drug-likeness (QED) is 0.495. The van der Waals surface area contributed by atoms with Crippen LogP contribution < -0.4 is 9.47 Å². The van der Waals surface area contributed by atoms with Crippen LogP contribution in [0.4, 0.5) is 0 Å². The Morgan fingerprint density at radius 1 is 0.677 bits per heavy atom. The fourth-order valence-electron chi connectivity index (χ4n) is 4.93. The van der Waals surface area contributed by atoms with Crippen LogP contribution in [0.25, 0.3) is 0 Å². The molecule has 0 unspecified atom stereocenters. The fourth-order valence-corrected chi connectivity index (χ4v) is 4.93. The summed E-state index contributed by atoms with van der Waals surface area (Å²) in [5.41, 5.74) is 0.389. The molecule has 3 rings (SSSR count). The molecule has 1 aromatic rings. The van der Waals surface area contributed by atoms with Crippen molar-refractivity contribution in [3.8, 4) is 11.5 Å². The molecule has 0 radical (unpaired) electrons. The van der Waals surface area contributed by atoms with Gasteiger partial charge >= 0.3 is 0 Å². The zero-order chi connectivity index (χ0) is 22.7. The number of benzene rings is 1. The molecule has 0 amide bonds. The van der Waals surface area contributed by atoms with Crippen molar-refractivity contribution in [3.05, 3.63) is 24.3 Å². The summed E-state index contributed by atoms with van der Waals surface area (Å²) in [6.45, 7) is 5.41. The molecule has 2 fully saturated rings. The highest BCUT2D eigenvalue weighted by Crippen LogP contribution is 2.48. The number of ether oxygens (including phenoxy) is 2. The average molecular weight is 439 g/mol. The van der Waals surface area contributed by atoms with E-state index in [4.69, 9.17) is 19.7 Å². The molecule has 31 heavy (non-hydrogen) atoms. The number of aliphatic hydroxyl groups is 4. The zero-order valence-corrected chi connectivity index (χ0v) is 19.2. The first-order valence-corrected chi connectivity index (χ1v) is 11.8. The lowest BCUT2D eigenvalue weighted by molar-refractivity contribution is 0.00233. The lowest BCUT2D eigenvalue weighted by Crippen LogP contribution is -2.38. The summed E-state index contributed by atoms with van der Waals surface area (Å²) in [6.07, 6.45) is 8.62. The van der Waals surface area contributed by atoms with Crippen molar-refractivity contribution in [1.29, 1.82) is 0 Å². The van der Waals surface area contributed by atoms with E-state index in [1.165, 1.54) is 25.7 Å². The van der Waals surface area contributed by atoms with Crippen LogP contribution in [-0.4, -0.2) is 59.1 Å². The van der Waals surface area contributed by atoms with Crippen LogP contribution in [-0.2, 0) is 0 Å². The molecule has 0 atom stereocenters. The maximum Gasteiger partial charge on any atom is 0.119 e. The van der Waals surface area contributed by atoms with Crippen molar-refractivity contribution in [2.24, 2.45) is 17.3 Å². The smallest absolute Gasteiger partial charge is 0.119 e. The molecule has 0 aliphatic heterocycles. The molecule has 0 spiro atoms. The van der Waals surface area contributed by atoms with Gasteiger partial charge in [0.1, 0.15) is 24.7 Å². The molecular formula is C25H42O6.